The average molecular weight is 795 g/mol. The Balaban J connectivity index is 1.27. The van der Waals surface area contributed by atoms with Crippen molar-refractivity contribution >= 4 is 46.9 Å². The summed E-state index contributed by atoms with van der Waals surface area (Å²) >= 11 is 13.6. The van der Waals surface area contributed by atoms with Crippen molar-refractivity contribution < 1.29 is 44.3 Å². The van der Waals surface area contributed by atoms with E-state index in [0.717, 1.165) is 22.3 Å². The van der Waals surface area contributed by atoms with Gasteiger partial charge in [-0.25, -0.2) is 4.98 Å². The first-order valence-corrected chi connectivity index (χ1v) is 18.2. The van der Waals surface area contributed by atoms with Crippen molar-refractivity contribution in [3.05, 3.63) is 111 Å². The van der Waals surface area contributed by atoms with Crippen molar-refractivity contribution in [1.82, 2.24) is 20.6 Å². The van der Waals surface area contributed by atoms with Crippen LogP contribution < -0.4 is 25.4 Å². The first-order chi connectivity index (χ1) is 26.4. The molecule has 1 aliphatic rings. The van der Waals surface area contributed by atoms with E-state index in [1.165, 1.54) is 0 Å². The Kier molecular flexibility index (Phi) is 14.6. The molecule has 0 radical (unpaired) electrons. The Morgan fingerprint density at radius 1 is 0.927 bits per heavy atom. The van der Waals surface area contributed by atoms with Crippen LogP contribution in [0.25, 0.3) is 11.1 Å². The molecule has 14 nitrogen and oxygen atoms in total. The van der Waals surface area contributed by atoms with E-state index in [2.05, 4.69) is 32.5 Å². The van der Waals surface area contributed by atoms with E-state index in [0.29, 0.717) is 36.3 Å². The molecule has 1 amide bonds. The van der Waals surface area contributed by atoms with E-state index in [9.17, 15) is 24.6 Å². The zero-order valence-corrected chi connectivity index (χ0v) is 31.1. The average Bonchev–Trinajstić information content (AvgIpc) is 3.55. The minimum Gasteiger partial charge on any atom is -0.481 e. The number of hydrogen-bond donors (Lipinski definition) is 7. The molecule has 55 heavy (non-hydrogen) atoms. The standard InChI is InChI=1S/C39H41Cl2N5O9/c1-2-13-54-38-23(19-43-21-25(48)16-35(51)52)14-31(40)39(46-38)55-32-11-10-27-26(5-3-6-28(27)32)29-7-4-8-30(36(29)41)37(53)45-33-12-9-22(18-44-33)17-42-20-24(47)15-34(49)50/h2-9,12,14,18,24-25,32,42-43,47-48H,1,10-11,13,15-17,19-21H2,(H,49,50)(H,51,52)(H,44,45,53)/t24?,25?,32-/m0/s1. The Bertz CT molecular complexity index is 2010. The highest BCUT2D eigenvalue weighted by Gasteiger charge is 2.29. The molecule has 0 saturated carbocycles. The lowest BCUT2D eigenvalue weighted by Crippen LogP contribution is -2.28. The molecule has 16 heteroatoms. The molecule has 2 unspecified atom stereocenters. The first-order valence-electron chi connectivity index (χ1n) is 17.4. The van der Waals surface area contributed by atoms with Crippen LogP contribution in [-0.2, 0) is 29.1 Å². The molecular formula is C39H41Cl2N5O9. The highest BCUT2D eigenvalue weighted by molar-refractivity contribution is 6.37. The van der Waals surface area contributed by atoms with Crippen molar-refractivity contribution in [2.24, 2.45) is 0 Å². The molecule has 0 bridgehead atoms. The number of carboxylic acid groups (broad SMARTS) is 2. The minimum absolute atomic E-state index is 0.0411. The highest BCUT2D eigenvalue weighted by Crippen LogP contribution is 2.43. The highest BCUT2D eigenvalue weighted by atomic mass is 35.5. The van der Waals surface area contributed by atoms with Crippen molar-refractivity contribution in [2.45, 2.75) is 57.1 Å². The van der Waals surface area contributed by atoms with Gasteiger partial charge in [-0.1, -0.05) is 72.3 Å². The lowest BCUT2D eigenvalue weighted by atomic mass is 9.95. The summed E-state index contributed by atoms with van der Waals surface area (Å²) in [6.07, 6.45) is 1.20. The fourth-order valence-corrected chi connectivity index (χ4v) is 6.63. The summed E-state index contributed by atoms with van der Waals surface area (Å²) in [4.78, 5) is 43.9. The van der Waals surface area contributed by atoms with Crippen LogP contribution in [0.2, 0.25) is 10.0 Å². The SMILES string of the molecule is C=CCOc1nc(O[C@H]2CCc3c(-c4cccc(C(=O)Nc5ccc(CNCC(O)CC(=O)O)cn5)c4Cl)cccc32)c(Cl)cc1CNCC(O)CC(=O)O. The number of anilines is 1. The van der Waals surface area contributed by atoms with Gasteiger partial charge in [-0.3, -0.25) is 14.4 Å². The van der Waals surface area contributed by atoms with E-state index in [-0.39, 0.29) is 60.0 Å². The first kappa shape index (κ1) is 41.1. The normalized spacial score (nSPS) is 14.4. The number of carboxylic acids is 2. The second kappa shape index (κ2) is 19.5. The zero-order valence-electron chi connectivity index (χ0n) is 29.6. The number of aliphatic carboxylic acids is 2. The predicted octanol–water partition coefficient (Wildman–Crippen LogP) is 5.18. The van der Waals surface area contributed by atoms with Crippen molar-refractivity contribution in [2.75, 3.05) is 25.0 Å². The number of halogens is 2. The van der Waals surface area contributed by atoms with Crippen molar-refractivity contribution in [3.63, 3.8) is 0 Å². The van der Waals surface area contributed by atoms with Crippen LogP contribution in [0, 0.1) is 0 Å². The number of aliphatic hydroxyl groups excluding tert-OH is 2. The second-order valence-electron chi connectivity index (χ2n) is 12.8. The molecule has 2 heterocycles. The van der Waals surface area contributed by atoms with Gasteiger partial charge in [0.15, 0.2) is 0 Å². The van der Waals surface area contributed by atoms with Gasteiger partial charge in [0.25, 0.3) is 5.91 Å². The molecule has 4 aromatic rings. The number of hydrogen-bond acceptors (Lipinski definition) is 11. The fourth-order valence-electron chi connectivity index (χ4n) is 6.10. The summed E-state index contributed by atoms with van der Waals surface area (Å²) in [6.45, 7) is 4.56. The second-order valence-corrected chi connectivity index (χ2v) is 13.6. The molecule has 0 fully saturated rings. The van der Waals surface area contributed by atoms with E-state index >= 15 is 0 Å². The Labute approximate surface area is 327 Å². The number of carbonyl (C=O) groups excluding carboxylic acids is 1. The third-order valence-corrected chi connectivity index (χ3v) is 9.29. The Morgan fingerprint density at radius 2 is 1.62 bits per heavy atom. The van der Waals surface area contributed by atoms with Gasteiger partial charge in [-0.2, -0.15) is 4.98 Å². The minimum atomic E-state index is -1.10. The van der Waals surface area contributed by atoms with Gasteiger partial charge in [-0.05, 0) is 53.3 Å². The van der Waals surface area contributed by atoms with Crippen LogP contribution in [0.3, 0.4) is 0 Å². The Morgan fingerprint density at radius 3 is 2.29 bits per heavy atom. The number of aromatic nitrogens is 2. The van der Waals surface area contributed by atoms with Crippen LogP contribution in [0.1, 0.15) is 58.0 Å². The van der Waals surface area contributed by atoms with Gasteiger partial charge in [-0.15, -0.1) is 0 Å². The molecule has 1 aliphatic carbocycles. The number of nitrogens with zero attached hydrogens (tertiary/aromatic N) is 2. The molecule has 290 valence electrons. The predicted molar refractivity (Wildman–Crippen MR) is 206 cm³/mol. The van der Waals surface area contributed by atoms with Crippen molar-refractivity contribution in [3.8, 4) is 22.9 Å². The summed E-state index contributed by atoms with van der Waals surface area (Å²) < 4.78 is 12.2. The molecule has 7 N–H and O–H groups in total. The summed E-state index contributed by atoms with van der Waals surface area (Å²) in [7, 11) is 0. The monoisotopic (exact) mass is 793 g/mol. The topological polar surface area (TPSA) is 212 Å². The molecule has 5 rings (SSSR count). The smallest absolute Gasteiger partial charge is 0.306 e. The van der Waals surface area contributed by atoms with Crippen molar-refractivity contribution in [1.29, 1.82) is 0 Å². The molecule has 3 atom stereocenters. The molecule has 0 spiro atoms. The number of fused-ring (bicyclic) bond motifs is 1. The summed E-state index contributed by atoms with van der Waals surface area (Å²) in [5.41, 5.74) is 5.08. The molecule has 2 aromatic heterocycles. The van der Waals surface area contributed by atoms with E-state index in [1.807, 2.05) is 24.3 Å². The van der Waals surface area contributed by atoms with Gasteiger partial charge < -0.3 is 45.9 Å². The lowest BCUT2D eigenvalue weighted by Gasteiger charge is -2.19. The summed E-state index contributed by atoms with van der Waals surface area (Å²) in [5.74, 6) is -1.89. The number of aliphatic hydroxyl groups is 2. The third kappa shape index (κ3) is 11.2. The molecule has 2 aromatic carbocycles. The third-order valence-electron chi connectivity index (χ3n) is 8.62. The number of amides is 1. The van der Waals surface area contributed by atoms with Gasteiger partial charge in [0.2, 0.25) is 11.8 Å². The van der Waals surface area contributed by atoms with Crippen LogP contribution >= 0.6 is 23.2 Å². The quantitative estimate of drug-likeness (QED) is 0.0576. The van der Waals surface area contributed by atoms with E-state index in [1.54, 1.807) is 42.6 Å². The molecule has 0 aliphatic heterocycles. The van der Waals surface area contributed by atoms with Crippen LogP contribution in [0.15, 0.2) is 73.4 Å². The maximum absolute atomic E-state index is 13.4. The zero-order chi connectivity index (χ0) is 39.5. The molecular weight excluding hydrogens is 753 g/mol. The van der Waals surface area contributed by atoms with Crippen LogP contribution in [-0.4, -0.2) is 80.1 Å². The number of rotatable bonds is 20. The maximum Gasteiger partial charge on any atom is 0.306 e. The largest absolute Gasteiger partial charge is 0.481 e. The lowest BCUT2D eigenvalue weighted by molar-refractivity contribution is -0.140. The van der Waals surface area contributed by atoms with Gasteiger partial charge in [0, 0.05) is 43.5 Å². The summed E-state index contributed by atoms with van der Waals surface area (Å²) in [6, 6.07) is 16.1. The molecule has 0 saturated heterocycles. The number of nitrogens with one attached hydrogen (secondary N) is 3. The Hall–Kier alpha value is -5.09. The van der Waals surface area contributed by atoms with Gasteiger partial charge in [0.1, 0.15) is 23.6 Å². The summed E-state index contributed by atoms with van der Waals surface area (Å²) in [5, 5.41) is 46.6. The van der Waals surface area contributed by atoms with Gasteiger partial charge in [0.05, 0.1) is 35.6 Å². The maximum atomic E-state index is 13.4. The van der Waals surface area contributed by atoms with Crippen LogP contribution in [0.4, 0.5) is 5.82 Å². The number of pyridine rings is 2. The number of benzene rings is 2. The van der Waals surface area contributed by atoms with Crippen LogP contribution in [0.5, 0.6) is 11.8 Å². The van der Waals surface area contributed by atoms with E-state index < -0.39 is 42.6 Å². The number of carbonyl (C=O) groups is 3. The van der Waals surface area contributed by atoms with E-state index in [4.69, 9.17) is 42.9 Å². The number of ether oxygens (including phenoxy) is 2. The fraction of sp³-hybridized carbons (Fsp3) is 0.308. The van der Waals surface area contributed by atoms with Gasteiger partial charge >= 0.3 is 11.9 Å².